The van der Waals surface area contributed by atoms with Crippen molar-refractivity contribution in [3.63, 3.8) is 0 Å². The second kappa shape index (κ2) is 7.98. The molecule has 1 heterocycles. The van der Waals surface area contributed by atoms with Gasteiger partial charge in [0.1, 0.15) is 0 Å². The van der Waals surface area contributed by atoms with E-state index in [0.29, 0.717) is 11.7 Å². The van der Waals surface area contributed by atoms with E-state index in [1.165, 1.54) is 11.8 Å². The molecule has 3 rings (SSSR count). The number of para-hydroxylation sites is 1. The molecule has 1 fully saturated rings. The number of amides is 2. The van der Waals surface area contributed by atoms with Crippen LogP contribution in [-0.4, -0.2) is 34.2 Å². The lowest BCUT2D eigenvalue weighted by Gasteiger charge is -2.31. The lowest BCUT2D eigenvalue weighted by atomic mass is 10.2. The molecule has 0 radical (unpaired) electrons. The number of nitrogens with zero attached hydrogens (tertiary/aromatic N) is 2. The summed E-state index contributed by atoms with van der Waals surface area (Å²) in [4.78, 5) is 31.0. The zero-order valence-electron chi connectivity index (χ0n) is 13.9. The predicted octanol–water partition coefficient (Wildman–Crippen LogP) is 2.95. The summed E-state index contributed by atoms with van der Waals surface area (Å²) in [6.45, 7) is 0.443. The second-order valence-corrected chi connectivity index (χ2v) is 6.79. The number of hydrogen-bond donors (Lipinski definition) is 1. The van der Waals surface area contributed by atoms with E-state index in [2.05, 4.69) is 10.3 Å². The number of nitrogens with one attached hydrogen (secondary N) is 1. The first-order valence-corrected chi connectivity index (χ1v) is 8.91. The van der Waals surface area contributed by atoms with Crippen molar-refractivity contribution in [2.24, 2.45) is 4.99 Å². The Balaban J connectivity index is 1.91. The maximum Gasteiger partial charge on any atom is 0.233 e. The lowest BCUT2D eigenvalue weighted by Crippen LogP contribution is -2.45. The Kier molecular flexibility index (Phi) is 5.50. The molecule has 2 amide bonds. The van der Waals surface area contributed by atoms with Crippen LogP contribution in [-0.2, 0) is 16.1 Å². The second-order valence-electron chi connectivity index (χ2n) is 5.62. The highest BCUT2D eigenvalue weighted by molar-refractivity contribution is 8.15. The van der Waals surface area contributed by atoms with Crippen molar-refractivity contribution in [3.05, 3.63) is 66.2 Å². The molecule has 1 aliphatic heterocycles. The molecule has 0 spiro atoms. The molecule has 1 saturated heterocycles. The van der Waals surface area contributed by atoms with Crippen LogP contribution in [0.3, 0.4) is 0 Å². The van der Waals surface area contributed by atoms with Gasteiger partial charge in [0.05, 0.1) is 17.5 Å². The summed E-state index contributed by atoms with van der Waals surface area (Å²) < 4.78 is 0. The molecule has 0 aliphatic carbocycles. The van der Waals surface area contributed by atoms with E-state index >= 15 is 0 Å². The van der Waals surface area contributed by atoms with Gasteiger partial charge >= 0.3 is 0 Å². The van der Waals surface area contributed by atoms with Crippen molar-refractivity contribution in [3.8, 4) is 0 Å². The molecule has 5 nitrogen and oxygen atoms in total. The minimum absolute atomic E-state index is 0.0918. The number of aliphatic imine (C=N–C) groups is 1. The molecule has 6 heteroatoms. The Hall–Kier alpha value is -2.60. The summed E-state index contributed by atoms with van der Waals surface area (Å²) in [6, 6.07) is 19.2. The largest absolute Gasteiger partial charge is 0.358 e. The van der Waals surface area contributed by atoms with Crippen LogP contribution in [0.1, 0.15) is 12.0 Å². The first-order valence-electron chi connectivity index (χ1n) is 8.03. The molecule has 0 saturated carbocycles. The third kappa shape index (κ3) is 4.28. The quantitative estimate of drug-likeness (QED) is 0.919. The molecule has 128 valence electrons. The molecule has 25 heavy (non-hydrogen) atoms. The van der Waals surface area contributed by atoms with Crippen LogP contribution in [0.25, 0.3) is 0 Å². The summed E-state index contributed by atoms with van der Waals surface area (Å²) in [5.74, 6) is -0.246. The Morgan fingerprint density at radius 1 is 1.16 bits per heavy atom. The predicted molar refractivity (Wildman–Crippen MR) is 101 cm³/mol. The number of carbonyl (C=O) groups is 2. The van der Waals surface area contributed by atoms with Crippen LogP contribution in [0.4, 0.5) is 5.69 Å². The fourth-order valence-electron chi connectivity index (χ4n) is 2.54. The van der Waals surface area contributed by atoms with Crippen LogP contribution >= 0.6 is 11.8 Å². The van der Waals surface area contributed by atoms with Crippen LogP contribution in [0.2, 0.25) is 0 Å². The smallest absolute Gasteiger partial charge is 0.233 e. The molecule has 2 aromatic carbocycles. The van der Waals surface area contributed by atoms with Crippen molar-refractivity contribution >= 4 is 34.4 Å². The highest BCUT2D eigenvalue weighted by Crippen LogP contribution is 2.30. The van der Waals surface area contributed by atoms with Crippen molar-refractivity contribution in [2.45, 2.75) is 18.2 Å². The molecule has 1 N–H and O–H groups in total. The Morgan fingerprint density at radius 2 is 1.80 bits per heavy atom. The third-order valence-electron chi connectivity index (χ3n) is 3.84. The van der Waals surface area contributed by atoms with E-state index in [1.807, 2.05) is 60.7 Å². The Morgan fingerprint density at radius 3 is 2.44 bits per heavy atom. The van der Waals surface area contributed by atoms with Gasteiger partial charge in [-0.15, -0.1) is 0 Å². The van der Waals surface area contributed by atoms with Gasteiger partial charge in [-0.05, 0) is 17.7 Å². The first-order chi connectivity index (χ1) is 12.2. The highest BCUT2D eigenvalue weighted by atomic mass is 32.2. The van der Waals surface area contributed by atoms with E-state index in [9.17, 15) is 9.59 Å². The van der Waals surface area contributed by atoms with E-state index in [1.54, 1.807) is 11.9 Å². The molecule has 0 aromatic heterocycles. The summed E-state index contributed by atoms with van der Waals surface area (Å²) in [5, 5.41) is 2.72. The maximum absolute atomic E-state index is 12.7. The van der Waals surface area contributed by atoms with E-state index in [0.717, 1.165) is 11.3 Å². The summed E-state index contributed by atoms with van der Waals surface area (Å²) in [5.41, 5.74) is 1.78. The van der Waals surface area contributed by atoms with Gasteiger partial charge in [-0.25, -0.2) is 4.99 Å². The average molecular weight is 353 g/mol. The molecule has 0 bridgehead atoms. The molecule has 1 unspecified atom stereocenters. The zero-order chi connectivity index (χ0) is 17.6. The number of thioether (sulfide) groups is 1. The Bertz CT molecular complexity index is 778. The fraction of sp³-hybridized carbons (Fsp3) is 0.211. The minimum Gasteiger partial charge on any atom is -0.358 e. The first kappa shape index (κ1) is 17.2. The SMILES string of the molecule is CNC(=O)C1CC(=O)N(Cc2ccccc2)C(=Nc2ccccc2)S1. The molecule has 2 aromatic rings. The lowest BCUT2D eigenvalue weighted by molar-refractivity contribution is -0.130. The van der Waals surface area contributed by atoms with Gasteiger partial charge in [0.25, 0.3) is 0 Å². The van der Waals surface area contributed by atoms with Gasteiger partial charge in [-0.1, -0.05) is 60.3 Å². The van der Waals surface area contributed by atoms with Gasteiger partial charge in [-0.2, -0.15) is 0 Å². The summed E-state index contributed by atoms with van der Waals surface area (Å²) in [6.07, 6.45) is 0.172. The van der Waals surface area contributed by atoms with Crippen LogP contribution in [0.15, 0.2) is 65.7 Å². The van der Waals surface area contributed by atoms with Crippen LogP contribution in [0, 0.1) is 0 Å². The number of rotatable bonds is 4. The fourth-order valence-corrected chi connectivity index (χ4v) is 3.69. The van der Waals surface area contributed by atoms with Crippen molar-refractivity contribution in [2.75, 3.05) is 7.05 Å². The summed E-state index contributed by atoms with van der Waals surface area (Å²) in [7, 11) is 1.58. The minimum atomic E-state index is -0.452. The summed E-state index contributed by atoms with van der Waals surface area (Å²) >= 11 is 1.33. The third-order valence-corrected chi connectivity index (χ3v) is 5.03. The standard InChI is InChI=1S/C19H19N3O2S/c1-20-18(24)16-12-17(23)22(13-14-8-4-2-5-9-14)19(25-16)21-15-10-6-3-7-11-15/h2-11,16H,12-13H2,1H3,(H,20,24). The van der Waals surface area contributed by atoms with Gasteiger partial charge in [-0.3, -0.25) is 14.5 Å². The molecular weight excluding hydrogens is 334 g/mol. The maximum atomic E-state index is 12.7. The van der Waals surface area contributed by atoms with Crippen molar-refractivity contribution in [1.82, 2.24) is 10.2 Å². The monoisotopic (exact) mass is 353 g/mol. The number of benzene rings is 2. The van der Waals surface area contributed by atoms with Gasteiger partial charge < -0.3 is 5.32 Å². The number of hydrogen-bond acceptors (Lipinski definition) is 4. The van der Waals surface area contributed by atoms with Crippen molar-refractivity contribution in [1.29, 1.82) is 0 Å². The molecule has 1 aliphatic rings. The van der Waals surface area contributed by atoms with Crippen LogP contribution in [0.5, 0.6) is 0 Å². The number of amidine groups is 1. The van der Waals surface area contributed by atoms with Gasteiger partial charge in [0.15, 0.2) is 5.17 Å². The Labute approximate surface area is 151 Å². The van der Waals surface area contributed by atoms with E-state index < -0.39 is 5.25 Å². The topological polar surface area (TPSA) is 61.8 Å². The van der Waals surface area contributed by atoms with E-state index in [-0.39, 0.29) is 18.2 Å². The molecule has 1 atom stereocenters. The van der Waals surface area contributed by atoms with E-state index in [4.69, 9.17) is 0 Å². The van der Waals surface area contributed by atoms with Gasteiger partial charge in [0, 0.05) is 13.5 Å². The average Bonchev–Trinajstić information content (AvgIpc) is 2.65. The highest BCUT2D eigenvalue weighted by Gasteiger charge is 2.35. The normalized spacial score (nSPS) is 19.1. The number of carbonyl (C=O) groups excluding carboxylic acids is 2. The zero-order valence-corrected chi connectivity index (χ0v) is 14.7. The van der Waals surface area contributed by atoms with Crippen LogP contribution < -0.4 is 5.32 Å². The van der Waals surface area contributed by atoms with Gasteiger partial charge in [0.2, 0.25) is 11.8 Å². The molecular formula is C19H19N3O2S. The van der Waals surface area contributed by atoms with Crippen molar-refractivity contribution < 1.29 is 9.59 Å².